The molecule has 0 radical (unpaired) electrons. The Hall–Kier alpha value is -2.83. The highest BCUT2D eigenvalue weighted by atomic mass is 35.5. The van der Waals surface area contributed by atoms with Crippen LogP contribution in [-0.2, 0) is 9.59 Å². The second-order valence-electron chi connectivity index (χ2n) is 8.04. The number of carbonyl (C=O) groups excluding carboxylic acids is 2. The van der Waals surface area contributed by atoms with Gasteiger partial charge in [-0.15, -0.1) is 0 Å². The van der Waals surface area contributed by atoms with Crippen molar-refractivity contribution in [1.29, 1.82) is 0 Å². The zero-order chi connectivity index (χ0) is 22.7. The zero-order valence-electron chi connectivity index (χ0n) is 18.1. The van der Waals surface area contributed by atoms with Gasteiger partial charge in [0.05, 0.1) is 17.7 Å². The van der Waals surface area contributed by atoms with Gasteiger partial charge in [-0.05, 0) is 69.9 Å². The molecule has 0 aliphatic carbocycles. The maximum atomic E-state index is 13.0. The van der Waals surface area contributed by atoms with E-state index < -0.39 is 17.7 Å². The molecular weight excluding hydrogens is 416 g/mol. The Balaban J connectivity index is 2.08. The fourth-order valence-electron chi connectivity index (χ4n) is 3.53. The standard InChI is InChI=1S/C24H27ClN2O4/c1-15(2)31-19-11-7-16(8-12-19)21-20(22(28)17-5-9-18(25)10-6-17)23(29)24(30)27(21)14-13-26(3)4/h5-12,15,21,28H,13-14H2,1-4H3/t21-/m1/s1. The van der Waals surface area contributed by atoms with Gasteiger partial charge in [0.1, 0.15) is 11.5 Å². The number of aliphatic hydroxyl groups excluding tert-OH is 1. The van der Waals surface area contributed by atoms with Crippen molar-refractivity contribution in [2.45, 2.75) is 26.0 Å². The zero-order valence-corrected chi connectivity index (χ0v) is 18.9. The van der Waals surface area contributed by atoms with Gasteiger partial charge in [-0.3, -0.25) is 9.59 Å². The first-order valence-corrected chi connectivity index (χ1v) is 10.5. The summed E-state index contributed by atoms with van der Waals surface area (Å²) in [7, 11) is 3.80. The van der Waals surface area contributed by atoms with E-state index in [0.29, 0.717) is 29.4 Å². The summed E-state index contributed by atoms with van der Waals surface area (Å²) in [5, 5.41) is 11.5. The summed E-state index contributed by atoms with van der Waals surface area (Å²) in [6.07, 6.45) is 0.0291. The SMILES string of the molecule is CC(C)Oc1ccc([C@@H]2C(=C(O)c3ccc(Cl)cc3)C(=O)C(=O)N2CCN(C)C)cc1. The van der Waals surface area contributed by atoms with E-state index in [1.807, 2.05) is 57.1 Å². The van der Waals surface area contributed by atoms with Crippen LogP contribution in [0.15, 0.2) is 54.1 Å². The van der Waals surface area contributed by atoms with Crippen LogP contribution < -0.4 is 4.74 Å². The Kier molecular flexibility index (Phi) is 7.03. The third-order valence-electron chi connectivity index (χ3n) is 5.01. The molecule has 1 fully saturated rings. The van der Waals surface area contributed by atoms with Gasteiger partial charge in [0.2, 0.25) is 0 Å². The van der Waals surface area contributed by atoms with Crippen molar-refractivity contribution < 1.29 is 19.4 Å². The number of likely N-dealkylation sites (tertiary alicyclic amines) is 1. The molecule has 164 valence electrons. The largest absolute Gasteiger partial charge is 0.507 e. The first kappa shape index (κ1) is 22.8. The maximum Gasteiger partial charge on any atom is 0.295 e. The second-order valence-corrected chi connectivity index (χ2v) is 8.47. The highest BCUT2D eigenvalue weighted by Crippen LogP contribution is 2.39. The van der Waals surface area contributed by atoms with Crippen LogP contribution >= 0.6 is 11.6 Å². The highest BCUT2D eigenvalue weighted by Gasteiger charge is 2.45. The number of nitrogens with zero attached hydrogens (tertiary/aromatic N) is 2. The van der Waals surface area contributed by atoms with Gasteiger partial charge in [0.15, 0.2) is 0 Å². The molecule has 3 rings (SSSR count). The van der Waals surface area contributed by atoms with Crippen LogP contribution in [0, 0.1) is 0 Å². The number of hydrogen-bond acceptors (Lipinski definition) is 5. The molecule has 0 saturated carbocycles. The molecule has 0 bridgehead atoms. The molecule has 31 heavy (non-hydrogen) atoms. The first-order valence-electron chi connectivity index (χ1n) is 10.1. The smallest absolute Gasteiger partial charge is 0.295 e. The van der Waals surface area contributed by atoms with Crippen LogP contribution in [0.2, 0.25) is 5.02 Å². The van der Waals surface area contributed by atoms with Crippen LogP contribution in [0.4, 0.5) is 0 Å². The second kappa shape index (κ2) is 9.54. The Morgan fingerprint density at radius 2 is 1.71 bits per heavy atom. The summed E-state index contributed by atoms with van der Waals surface area (Å²) in [6.45, 7) is 4.81. The number of rotatable bonds is 7. The average molecular weight is 443 g/mol. The molecule has 2 aromatic rings. The van der Waals surface area contributed by atoms with Gasteiger partial charge < -0.3 is 19.6 Å². The van der Waals surface area contributed by atoms with Gasteiger partial charge in [-0.1, -0.05) is 23.7 Å². The number of aliphatic hydroxyl groups is 1. The van der Waals surface area contributed by atoms with Gasteiger partial charge in [0.25, 0.3) is 11.7 Å². The molecule has 1 aliphatic rings. The van der Waals surface area contributed by atoms with E-state index in [2.05, 4.69) is 0 Å². The minimum absolute atomic E-state index is 0.0291. The molecule has 0 unspecified atom stereocenters. The van der Waals surface area contributed by atoms with E-state index in [-0.39, 0.29) is 17.4 Å². The molecule has 1 aliphatic heterocycles. The number of benzene rings is 2. The average Bonchev–Trinajstić information content (AvgIpc) is 2.97. The molecule has 1 saturated heterocycles. The third-order valence-corrected chi connectivity index (χ3v) is 5.27. The van der Waals surface area contributed by atoms with E-state index in [1.54, 1.807) is 24.3 Å². The fourth-order valence-corrected chi connectivity index (χ4v) is 3.66. The molecule has 1 amide bonds. The van der Waals surface area contributed by atoms with Crippen molar-refractivity contribution in [3.8, 4) is 5.75 Å². The van der Waals surface area contributed by atoms with Gasteiger partial charge in [0, 0.05) is 23.7 Å². The summed E-state index contributed by atoms with van der Waals surface area (Å²) in [5.41, 5.74) is 1.23. The predicted octanol–water partition coefficient (Wildman–Crippen LogP) is 4.11. The summed E-state index contributed by atoms with van der Waals surface area (Å²) in [6, 6.07) is 13.1. The maximum absolute atomic E-state index is 13.0. The number of amides is 1. The molecule has 2 aromatic carbocycles. The Morgan fingerprint density at radius 3 is 2.26 bits per heavy atom. The molecule has 1 heterocycles. The van der Waals surface area contributed by atoms with Crippen LogP contribution in [0.25, 0.3) is 5.76 Å². The Labute approximate surface area is 187 Å². The quantitative estimate of drug-likeness (QED) is 0.397. The topological polar surface area (TPSA) is 70.1 Å². The van der Waals surface area contributed by atoms with Gasteiger partial charge in [-0.25, -0.2) is 0 Å². The van der Waals surface area contributed by atoms with Crippen molar-refractivity contribution in [2.24, 2.45) is 0 Å². The number of hydrogen-bond donors (Lipinski definition) is 1. The molecule has 6 nitrogen and oxygen atoms in total. The molecule has 1 atom stereocenters. The molecule has 7 heteroatoms. The van der Waals surface area contributed by atoms with Crippen LogP contribution in [0.3, 0.4) is 0 Å². The summed E-state index contributed by atoms with van der Waals surface area (Å²) in [4.78, 5) is 29.3. The lowest BCUT2D eigenvalue weighted by Gasteiger charge is -2.26. The van der Waals surface area contributed by atoms with E-state index in [1.165, 1.54) is 4.90 Å². The van der Waals surface area contributed by atoms with Crippen molar-refractivity contribution in [3.05, 3.63) is 70.3 Å². The number of Topliss-reactive ketones (excluding diaryl/α,β-unsaturated/α-hetero) is 1. The summed E-state index contributed by atoms with van der Waals surface area (Å²) in [5.74, 6) is -0.833. The highest BCUT2D eigenvalue weighted by molar-refractivity contribution is 6.46. The third kappa shape index (κ3) is 5.09. The predicted molar refractivity (Wildman–Crippen MR) is 121 cm³/mol. The van der Waals surface area contributed by atoms with Crippen LogP contribution in [-0.4, -0.2) is 59.9 Å². The fraction of sp³-hybridized carbons (Fsp3) is 0.333. The lowest BCUT2D eigenvalue weighted by atomic mass is 9.95. The van der Waals surface area contributed by atoms with Crippen molar-refractivity contribution in [3.63, 3.8) is 0 Å². The Bertz CT molecular complexity index is 982. The number of ether oxygens (including phenoxy) is 1. The van der Waals surface area contributed by atoms with Crippen LogP contribution in [0.1, 0.15) is 31.0 Å². The van der Waals surface area contributed by atoms with Crippen molar-refractivity contribution in [2.75, 3.05) is 27.2 Å². The number of ketones is 1. The number of likely N-dealkylation sites (N-methyl/N-ethyl adjacent to an activating group) is 1. The van der Waals surface area contributed by atoms with E-state index in [4.69, 9.17) is 16.3 Å². The lowest BCUT2D eigenvalue weighted by molar-refractivity contribution is -0.140. The Morgan fingerprint density at radius 1 is 1.10 bits per heavy atom. The molecule has 0 spiro atoms. The van der Waals surface area contributed by atoms with E-state index in [9.17, 15) is 14.7 Å². The minimum atomic E-state index is -0.696. The first-order chi connectivity index (χ1) is 14.7. The monoisotopic (exact) mass is 442 g/mol. The molecular formula is C24H27ClN2O4. The summed E-state index contributed by atoms with van der Waals surface area (Å²) >= 11 is 5.95. The van der Waals surface area contributed by atoms with Gasteiger partial charge >= 0.3 is 0 Å². The van der Waals surface area contributed by atoms with E-state index in [0.717, 1.165) is 5.56 Å². The van der Waals surface area contributed by atoms with Crippen LogP contribution in [0.5, 0.6) is 5.75 Å². The van der Waals surface area contributed by atoms with Crippen molar-refractivity contribution >= 4 is 29.1 Å². The normalized spacial score (nSPS) is 18.3. The molecule has 1 N–H and O–H groups in total. The van der Waals surface area contributed by atoms with Gasteiger partial charge in [-0.2, -0.15) is 0 Å². The minimum Gasteiger partial charge on any atom is -0.507 e. The number of carbonyl (C=O) groups is 2. The van der Waals surface area contributed by atoms with E-state index >= 15 is 0 Å². The van der Waals surface area contributed by atoms with Crippen molar-refractivity contribution in [1.82, 2.24) is 9.80 Å². The summed E-state index contributed by atoms with van der Waals surface area (Å²) < 4.78 is 5.71. The molecule has 0 aromatic heterocycles. The number of halogens is 1. The lowest BCUT2D eigenvalue weighted by Crippen LogP contribution is -2.35.